The first-order chi connectivity index (χ1) is 11.7. The van der Waals surface area contributed by atoms with Crippen LogP contribution in [0.5, 0.6) is 0 Å². The third-order valence-electron chi connectivity index (χ3n) is 5.00. The molecule has 1 fully saturated rings. The van der Waals surface area contributed by atoms with Crippen molar-refractivity contribution in [2.24, 2.45) is 11.3 Å². The van der Waals surface area contributed by atoms with E-state index in [1.807, 2.05) is 4.90 Å². The predicted molar refractivity (Wildman–Crippen MR) is 97.6 cm³/mol. The van der Waals surface area contributed by atoms with Crippen molar-refractivity contribution in [2.75, 3.05) is 13.1 Å². The van der Waals surface area contributed by atoms with Gasteiger partial charge in [0, 0.05) is 19.1 Å². The van der Waals surface area contributed by atoms with E-state index < -0.39 is 6.04 Å². The molecule has 0 bridgehead atoms. The molecule has 0 aromatic rings. The minimum atomic E-state index is -0.398. The number of likely N-dealkylation sites (tertiary alicyclic amines) is 1. The van der Waals surface area contributed by atoms with Gasteiger partial charge in [0.1, 0.15) is 0 Å². The minimum Gasteiger partial charge on any atom is -0.349 e. The lowest BCUT2D eigenvalue weighted by molar-refractivity contribution is -0.122. The van der Waals surface area contributed by atoms with Gasteiger partial charge in [0.25, 0.3) is 0 Å². The first-order valence-corrected chi connectivity index (χ1v) is 9.21. The van der Waals surface area contributed by atoms with Crippen LogP contribution in [0.4, 0.5) is 4.79 Å². The van der Waals surface area contributed by atoms with Gasteiger partial charge in [-0.2, -0.15) is 0 Å². The molecule has 1 aliphatic rings. The van der Waals surface area contributed by atoms with Crippen molar-refractivity contribution in [3.63, 3.8) is 0 Å². The summed E-state index contributed by atoms with van der Waals surface area (Å²) in [7, 11) is 0. The third-order valence-corrected chi connectivity index (χ3v) is 5.00. The van der Waals surface area contributed by atoms with E-state index in [1.54, 1.807) is 0 Å². The second kappa shape index (κ2) is 9.75. The molecule has 144 valence electrons. The average Bonchev–Trinajstić information content (AvgIpc) is 2.94. The van der Waals surface area contributed by atoms with E-state index in [0.717, 1.165) is 38.6 Å². The highest BCUT2D eigenvalue weighted by Crippen LogP contribution is 2.26. The third kappa shape index (κ3) is 7.02. The zero-order valence-electron chi connectivity index (χ0n) is 16.1. The lowest BCUT2D eigenvalue weighted by Crippen LogP contribution is -2.51. The number of amides is 3. The first kappa shape index (κ1) is 21.4. The Morgan fingerprint density at radius 2 is 2.08 bits per heavy atom. The Morgan fingerprint density at radius 3 is 2.60 bits per heavy atom. The number of nitrogens with zero attached hydrogens (tertiary/aromatic N) is 2. The maximum atomic E-state index is 12.4. The van der Waals surface area contributed by atoms with Crippen molar-refractivity contribution in [3.05, 3.63) is 0 Å². The van der Waals surface area contributed by atoms with Gasteiger partial charge < -0.3 is 10.2 Å². The van der Waals surface area contributed by atoms with Crippen molar-refractivity contribution in [3.8, 4) is 0 Å². The summed E-state index contributed by atoms with van der Waals surface area (Å²) in [5, 5.41) is 3.90. The van der Waals surface area contributed by atoms with Crippen molar-refractivity contribution >= 4 is 18.2 Å². The van der Waals surface area contributed by atoms with Crippen molar-refractivity contribution in [1.29, 1.82) is 0 Å². The molecule has 1 saturated heterocycles. The molecule has 0 radical (unpaired) electrons. The Kier molecular flexibility index (Phi) is 8.35. The van der Waals surface area contributed by atoms with Gasteiger partial charge in [0.15, 0.2) is 5.78 Å². The van der Waals surface area contributed by atoms with Crippen LogP contribution < -0.4 is 11.2 Å². The lowest BCUT2D eigenvalue weighted by atomic mass is 9.86. The van der Waals surface area contributed by atoms with E-state index in [9.17, 15) is 14.4 Å². The Hall–Kier alpha value is -1.63. The number of nitrogens with one attached hydrogen (secondary N) is 1. The Labute approximate surface area is 151 Å². The zero-order valence-corrected chi connectivity index (χ0v) is 16.1. The molecule has 25 heavy (non-hydrogen) atoms. The Morgan fingerprint density at radius 1 is 1.40 bits per heavy atom. The van der Waals surface area contributed by atoms with E-state index in [0.29, 0.717) is 19.4 Å². The molecule has 2 unspecified atom stereocenters. The summed E-state index contributed by atoms with van der Waals surface area (Å²) >= 11 is 0. The van der Waals surface area contributed by atoms with Gasteiger partial charge in [0.05, 0.1) is 6.04 Å². The number of rotatable bonds is 10. The maximum absolute atomic E-state index is 12.4. The van der Waals surface area contributed by atoms with E-state index in [-0.39, 0.29) is 23.3 Å². The molecular weight excluding hydrogens is 320 g/mol. The number of nitrogens with two attached hydrogens (primary N) is 1. The molecule has 0 aromatic carbocycles. The number of Topliss-reactive ketones (excluding diaryl/α,β-unsaturated/α-hetero) is 1. The first-order valence-electron chi connectivity index (χ1n) is 9.21. The zero-order chi connectivity index (χ0) is 19.0. The number of urea groups is 1. The highest BCUT2D eigenvalue weighted by atomic mass is 16.2. The fraction of sp³-hybridized carbons (Fsp3) is 0.833. The number of carbonyl (C=O) groups excluding carboxylic acids is 3. The van der Waals surface area contributed by atoms with Crippen molar-refractivity contribution in [2.45, 2.75) is 78.3 Å². The van der Waals surface area contributed by atoms with Gasteiger partial charge in [-0.15, -0.1) is 0 Å². The maximum Gasteiger partial charge on any atom is 0.334 e. The van der Waals surface area contributed by atoms with Gasteiger partial charge in [-0.05, 0) is 44.9 Å². The molecule has 1 rings (SSSR count). The highest BCUT2D eigenvalue weighted by Gasteiger charge is 2.30. The largest absolute Gasteiger partial charge is 0.349 e. The second-order valence-electron chi connectivity index (χ2n) is 7.95. The summed E-state index contributed by atoms with van der Waals surface area (Å²) in [4.78, 5) is 36.2. The van der Waals surface area contributed by atoms with E-state index in [4.69, 9.17) is 5.84 Å². The summed E-state index contributed by atoms with van der Waals surface area (Å²) in [6, 6.07) is -0.231. The fourth-order valence-corrected chi connectivity index (χ4v) is 3.43. The molecule has 2 atom stereocenters. The number of ketones is 1. The smallest absolute Gasteiger partial charge is 0.334 e. The van der Waals surface area contributed by atoms with E-state index in [1.165, 1.54) is 11.9 Å². The quantitative estimate of drug-likeness (QED) is 0.206. The molecule has 3 N–H and O–H groups in total. The average molecular weight is 354 g/mol. The van der Waals surface area contributed by atoms with Gasteiger partial charge in [0.2, 0.25) is 6.41 Å². The number of hydrogen-bond acceptors (Lipinski definition) is 4. The van der Waals surface area contributed by atoms with Crippen LogP contribution in [0.15, 0.2) is 0 Å². The SMILES string of the molecule is CC(=O)C(CCCCC(C)(C)CN(N)C(=O)N1CCCC1C)NC=O. The molecule has 1 aliphatic heterocycles. The molecule has 7 heteroatoms. The molecule has 7 nitrogen and oxygen atoms in total. The number of unbranched alkanes of at least 4 members (excludes halogenated alkanes) is 1. The van der Waals surface area contributed by atoms with Crippen LogP contribution in [-0.4, -0.2) is 53.3 Å². The van der Waals surface area contributed by atoms with Crippen molar-refractivity contribution in [1.82, 2.24) is 15.2 Å². The normalized spacial score (nSPS) is 18.8. The molecule has 1 heterocycles. The summed E-state index contributed by atoms with van der Waals surface area (Å²) in [6.45, 7) is 9.02. The molecule has 0 aromatic heterocycles. The summed E-state index contributed by atoms with van der Waals surface area (Å²) in [6.07, 6.45) is 5.95. The van der Waals surface area contributed by atoms with Crippen LogP contribution in [0.3, 0.4) is 0 Å². The number of hydrogen-bond donors (Lipinski definition) is 2. The molecule has 0 aliphatic carbocycles. The summed E-state index contributed by atoms with van der Waals surface area (Å²) in [5.41, 5.74) is -0.100. The minimum absolute atomic E-state index is 0.0233. The second-order valence-corrected chi connectivity index (χ2v) is 7.95. The van der Waals surface area contributed by atoms with E-state index in [2.05, 4.69) is 26.1 Å². The van der Waals surface area contributed by atoms with Crippen LogP contribution in [0.2, 0.25) is 0 Å². The fourth-order valence-electron chi connectivity index (χ4n) is 3.43. The number of carbonyl (C=O) groups is 3. The molecule has 3 amide bonds. The van der Waals surface area contributed by atoms with Crippen LogP contribution in [0, 0.1) is 5.41 Å². The standard InChI is InChI=1S/C18H34N4O3/c1-14-8-7-11-21(14)17(25)22(19)12-18(3,4)10-6-5-9-16(15(2)24)20-13-23/h13-14,16H,5-12,19H2,1-4H3,(H,20,23). The van der Waals surface area contributed by atoms with Crippen LogP contribution in [0.1, 0.15) is 66.2 Å². The van der Waals surface area contributed by atoms with Crippen LogP contribution >= 0.6 is 0 Å². The van der Waals surface area contributed by atoms with Crippen LogP contribution in [-0.2, 0) is 9.59 Å². The predicted octanol–water partition coefficient (Wildman–Crippen LogP) is 2.06. The van der Waals surface area contributed by atoms with Gasteiger partial charge in [-0.1, -0.05) is 26.7 Å². The Bertz CT molecular complexity index is 467. The Balaban J connectivity index is 2.38. The van der Waals surface area contributed by atoms with Gasteiger partial charge in [-0.25, -0.2) is 10.6 Å². The molecular formula is C18H34N4O3. The van der Waals surface area contributed by atoms with Crippen molar-refractivity contribution < 1.29 is 14.4 Å². The molecule has 0 saturated carbocycles. The van der Waals surface area contributed by atoms with Gasteiger partial charge >= 0.3 is 6.03 Å². The van der Waals surface area contributed by atoms with Gasteiger partial charge in [-0.3, -0.25) is 14.6 Å². The number of hydrazine groups is 1. The molecule has 0 spiro atoms. The monoisotopic (exact) mass is 354 g/mol. The summed E-state index contributed by atoms with van der Waals surface area (Å²) in [5.74, 6) is 6.00. The topological polar surface area (TPSA) is 95.7 Å². The highest BCUT2D eigenvalue weighted by molar-refractivity contribution is 5.83. The van der Waals surface area contributed by atoms with E-state index >= 15 is 0 Å². The van der Waals surface area contributed by atoms with Crippen LogP contribution in [0.25, 0.3) is 0 Å². The summed E-state index contributed by atoms with van der Waals surface area (Å²) < 4.78 is 0. The lowest BCUT2D eigenvalue weighted by Gasteiger charge is -2.33.